The second-order valence-corrected chi connectivity index (χ2v) is 8.09. The SMILES string of the molecule is CC(C)(C)CC1=[C-]CC=C1.CC(C)(C)CC1=[C-]CC=C1.[F-].[F-].[Ti+4]. The minimum absolute atomic E-state index is 0. The fourth-order valence-corrected chi connectivity index (χ4v) is 2.29. The summed E-state index contributed by atoms with van der Waals surface area (Å²) in [5.74, 6) is 0. The van der Waals surface area contributed by atoms with Crippen molar-refractivity contribution in [1.29, 1.82) is 0 Å². The average Bonchev–Trinajstić information content (AvgIpc) is 2.87. The van der Waals surface area contributed by atoms with E-state index in [0.717, 1.165) is 25.7 Å². The van der Waals surface area contributed by atoms with Crippen LogP contribution in [0.4, 0.5) is 0 Å². The Morgan fingerprint density at radius 3 is 1.22 bits per heavy atom. The number of rotatable bonds is 2. The fourth-order valence-electron chi connectivity index (χ4n) is 2.29. The molecular formula is C20H30F2Ti. The van der Waals surface area contributed by atoms with Gasteiger partial charge in [-0.3, -0.25) is 12.2 Å². The van der Waals surface area contributed by atoms with Gasteiger partial charge in [-0.05, 0) is 10.8 Å². The predicted molar refractivity (Wildman–Crippen MR) is 89.2 cm³/mol. The molecule has 23 heavy (non-hydrogen) atoms. The molecule has 0 saturated heterocycles. The van der Waals surface area contributed by atoms with E-state index in [4.69, 9.17) is 0 Å². The van der Waals surface area contributed by atoms with Crippen molar-refractivity contribution in [3.05, 3.63) is 47.6 Å². The molecule has 128 valence electrons. The molecular weight excluding hydrogens is 326 g/mol. The van der Waals surface area contributed by atoms with Crippen LogP contribution in [0.2, 0.25) is 0 Å². The normalized spacial score (nSPS) is 15.4. The molecule has 0 aromatic rings. The summed E-state index contributed by atoms with van der Waals surface area (Å²) in [4.78, 5) is 0. The van der Waals surface area contributed by atoms with Crippen molar-refractivity contribution < 1.29 is 31.1 Å². The van der Waals surface area contributed by atoms with Crippen LogP contribution in [-0.2, 0) is 21.7 Å². The molecule has 0 N–H and O–H groups in total. The number of halogens is 2. The van der Waals surface area contributed by atoms with Gasteiger partial charge in [-0.1, -0.05) is 54.4 Å². The maximum absolute atomic E-state index is 3.32. The molecule has 0 amide bonds. The van der Waals surface area contributed by atoms with Crippen LogP contribution in [0.25, 0.3) is 0 Å². The van der Waals surface area contributed by atoms with Gasteiger partial charge in [0.25, 0.3) is 0 Å². The Labute approximate surface area is 156 Å². The van der Waals surface area contributed by atoms with Crippen molar-refractivity contribution in [3.8, 4) is 0 Å². The van der Waals surface area contributed by atoms with Crippen LogP contribution in [0.15, 0.2) is 35.5 Å². The molecule has 0 fully saturated rings. The molecule has 0 aromatic heterocycles. The molecule has 0 nitrogen and oxygen atoms in total. The predicted octanol–water partition coefficient (Wildman–Crippen LogP) is 0.230. The van der Waals surface area contributed by atoms with Crippen LogP contribution in [0.1, 0.15) is 67.2 Å². The van der Waals surface area contributed by atoms with Crippen LogP contribution >= 0.6 is 0 Å². The van der Waals surface area contributed by atoms with E-state index >= 15 is 0 Å². The van der Waals surface area contributed by atoms with E-state index in [2.05, 4.69) is 78.0 Å². The molecule has 3 heteroatoms. The van der Waals surface area contributed by atoms with Crippen molar-refractivity contribution in [3.63, 3.8) is 0 Å². The molecule has 0 saturated carbocycles. The van der Waals surface area contributed by atoms with Crippen LogP contribution in [0.3, 0.4) is 0 Å². The Morgan fingerprint density at radius 2 is 1.04 bits per heavy atom. The van der Waals surface area contributed by atoms with Crippen molar-refractivity contribution in [2.45, 2.75) is 67.2 Å². The quantitative estimate of drug-likeness (QED) is 0.491. The average molecular weight is 356 g/mol. The van der Waals surface area contributed by atoms with E-state index in [1.165, 1.54) is 11.1 Å². The first kappa shape index (κ1) is 27.4. The summed E-state index contributed by atoms with van der Waals surface area (Å²) in [5.41, 5.74) is 3.59. The van der Waals surface area contributed by atoms with Gasteiger partial charge in [-0.15, -0.1) is 12.8 Å². The fraction of sp³-hybridized carbons (Fsp3) is 0.600. The molecule has 0 spiro atoms. The van der Waals surface area contributed by atoms with E-state index in [1.807, 2.05) is 0 Å². The summed E-state index contributed by atoms with van der Waals surface area (Å²) in [7, 11) is 0. The summed E-state index contributed by atoms with van der Waals surface area (Å²) in [6, 6.07) is 0. The van der Waals surface area contributed by atoms with Gasteiger partial charge in [-0.25, -0.2) is 23.3 Å². The van der Waals surface area contributed by atoms with Gasteiger partial charge >= 0.3 is 21.7 Å². The monoisotopic (exact) mass is 356 g/mol. The Bertz CT molecular complexity index is 388. The molecule has 2 aliphatic rings. The van der Waals surface area contributed by atoms with Gasteiger partial charge in [0.05, 0.1) is 0 Å². The van der Waals surface area contributed by atoms with Gasteiger partial charge in [-0.2, -0.15) is 12.2 Å². The third-order valence-corrected chi connectivity index (χ3v) is 2.97. The molecule has 0 aromatic carbocycles. The Morgan fingerprint density at radius 1 is 0.739 bits per heavy atom. The van der Waals surface area contributed by atoms with Crippen molar-refractivity contribution >= 4 is 0 Å². The molecule has 0 unspecified atom stereocenters. The summed E-state index contributed by atoms with van der Waals surface area (Å²) >= 11 is 0. The first-order chi connectivity index (χ1) is 9.16. The number of hydrogen-bond acceptors (Lipinski definition) is 0. The van der Waals surface area contributed by atoms with Crippen LogP contribution < -0.4 is 9.41 Å². The summed E-state index contributed by atoms with van der Waals surface area (Å²) in [6.45, 7) is 13.5. The maximum Gasteiger partial charge on any atom is 4.00 e. The minimum Gasteiger partial charge on any atom is -1.00 e. The Kier molecular flexibility index (Phi) is 14.3. The molecule has 0 radical (unpaired) electrons. The third-order valence-electron chi connectivity index (χ3n) is 2.97. The van der Waals surface area contributed by atoms with E-state index in [-0.39, 0.29) is 31.1 Å². The van der Waals surface area contributed by atoms with E-state index in [1.54, 1.807) is 0 Å². The first-order valence-corrected chi connectivity index (χ1v) is 7.68. The zero-order valence-corrected chi connectivity index (χ0v) is 17.0. The summed E-state index contributed by atoms with van der Waals surface area (Å²) in [5, 5.41) is 0. The Hall–Kier alpha value is -0.466. The van der Waals surface area contributed by atoms with Crippen LogP contribution in [0.5, 0.6) is 0 Å². The Balaban J connectivity index is -0.000000308. The molecule has 2 rings (SSSR count). The van der Waals surface area contributed by atoms with Crippen molar-refractivity contribution in [1.82, 2.24) is 0 Å². The summed E-state index contributed by atoms with van der Waals surface area (Å²) in [6.07, 6.45) is 19.7. The zero-order valence-electron chi connectivity index (χ0n) is 15.4. The molecule has 0 heterocycles. The van der Waals surface area contributed by atoms with E-state index in [9.17, 15) is 0 Å². The molecule has 2 aliphatic carbocycles. The molecule has 0 bridgehead atoms. The van der Waals surface area contributed by atoms with Gasteiger partial charge in [0, 0.05) is 0 Å². The number of allylic oxidation sites excluding steroid dienone is 8. The summed E-state index contributed by atoms with van der Waals surface area (Å²) < 4.78 is 0. The van der Waals surface area contributed by atoms with Crippen LogP contribution in [-0.4, -0.2) is 0 Å². The van der Waals surface area contributed by atoms with Gasteiger partial charge in [0.15, 0.2) is 0 Å². The maximum atomic E-state index is 3.32. The van der Waals surface area contributed by atoms with E-state index in [0.29, 0.717) is 10.8 Å². The standard InChI is InChI=1S/2C10H15.2FH.Ti/c2*1-10(2,3)8-9-6-4-5-7-9;;;/h2*4,6H,5,8H2,1-3H3;2*1H;/q2*-1;;;+4/p-2. The van der Waals surface area contributed by atoms with Gasteiger partial charge in [0.2, 0.25) is 0 Å². The molecule has 0 atom stereocenters. The van der Waals surface area contributed by atoms with Gasteiger partial charge < -0.3 is 9.41 Å². The van der Waals surface area contributed by atoms with Crippen LogP contribution in [0, 0.1) is 23.0 Å². The smallest absolute Gasteiger partial charge is 1.00 e. The topological polar surface area (TPSA) is 0 Å². The van der Waals surface area contributed by atoms with E-state index < -0.39 is 0 Å². The third kappa shape index (κ3) is 14.8. The second-order valence-electron chi connectivity index (χ2n) is 8.09. The van der Waals surface area contributed by atoms with Crippen molar-refractivity contribution in [2.24, 2.45) is 10.8 Å². The largest absolute Gasteiger partial charge is 4.00 e. The zero-order chi connectivity index (χ0) is 15.2. The minimum atomic E-state index is 0. The van der Waals surface area contributed by atoms with Crippen molar-refractivity contribution in [2.75, 3.05) is 0 Å². The number of hydrogen-bond donors (Lipinski definition) is 0. The first-order valence-electron chi connectivity index (χ1n) is 7.68. The second kappa shape index (κ2) is 12.0. The molecule has 0 aliphatic heterocycles. The van der Waals surface area contributed by atoms with Gasteiger partial charge in [0.1, 0.15) is 0 Å².